The summed E-state index contributed by atoms with van der Waals surface area (Å²) in [5.74, 6) is -0.332. The molecule has 0 bridgehead atoms. The molecule has 1 aromatic rings. The molecule has 0 unspecified atom stereocenters. The van der Waals surface area contributed by atoms with Crippen LogP contribution in [-0.4, -0.2) is 31.4 Å². The van der Waals surface area contributed by atoms with Crippen LogP contribution in [-0.2, 0) is 14.3 Å². The number of hydrogen-bond acceptors (Lipinski definition) is 4. The summed E-state index contributed by atoms with van der Waals surface area (Å²) in [6, 6.07) is 6.69. The molecule has 1 aliphatic rings. The maximum atomic E-state index is 11.6. The minimum absolute atomic E-state index is 0.0609. The van der Waals surface area contributed by atoms with Gasteiger partial charge in [-0.1, -0.05) is 6.07 Å². The monoisotopic (exact) mass is 248 g/mol. The van der Waals surface area contributed by atoms with Gasteiger partial charge in [-0.15, -0.1) is 0 Å². The molecule has 1 aliphatic heterocycles. The summed E-state index contributed by atoms with van der Waals surface area (Å²) in [6.45, 7) is 0.0838. The van der Waals surface area contributed by atoms with E-state index in [0.29, 0.717) is 11.4 Å². The minimum Gasteiger partial charge on any atom is -0.453 e. The Balaban J connectivity index is 2.19. The summed E-state index contributed by atoms with van der Waals surface area (Å²) in [5.41, 5.74) is 1.09. The van der Waals surface area contributed by atoms with E-state index in [1.807, 2.05) is 0 Å². The molecule has 6 nitrogen and oxygen atoms in total. The lowest BCUT2D eigenvalue weighted by Gasteiger charge is -2.15. The SMILES string of the molecule is COC(=O)Nc1cccc(N2CC(=O)CC2=O)c1. The first-order chi connectivity index (χ1) is 8.60. The van der Waals surface area contributed by atoms with E-state index >= 15 is 0 Å². The molecule has 18 heavy (non-hydrogen) atoms. The predicted molar refractivity (Wildman–Crippen MR) is 64.4 cm³/mol. The highest BCUT2D eigenvalue weighted by atomic mass is 16.5. The quantitative estimate of drug-likeness (QED) is 0.797. The van der Waals surface area contributed by atoms with Gasteiger partial charge in [0.1, 0.15) is 0 Å². The van der Waals surface area contributed by atoms with E-state index in [4.69, 9.17) is 0 Å². The molecule has 1 aromatic carbocycles. The second-order valence-corrected chi connectivity index (χ2v) is 3.86. The third-order valence-electron chi connectivity index (χ3n) is 2.57. The molecule has 1 saturated heterocycles. The Morgan fingerprint density at radius 2 is 2.17 bits per heavy atom. The van der Waals surface area contributed by atoms with E-state index in [1.54, 1.807) is 24.3 Å². The summed E-state index contributed by atoms with van der Waals surface area (Å²) in [5, 5.41) is 2.50. The largest absolute Gasteiger partial charge is 0.453 e. The molecule has 0 atom stereocenters. The Morgan fingerprint density at radius 1 is 1.39 bits per heavy atom. The molecule has 2 amide bonds. The third-order valence-corrected chi connectivity index (χ3v) is 2.57. The number of anilines is 2. The number of nitrogens with zero attached hydrogens (tertiary/aromatic N) is 1. The van der Waals surface area contributed by atoms with Crippen molar-refractivity contribution in [3.63, 3.8) is 0 Å². The Labute approximate surface area is 104 Å². The summed E-state index contributed by atoms with van der Waals surface area (Å²) in [6.07, 6.45) is -0.648. The zero-order valence-electron chi connectivity index (χ0n) is 9.80. The number of Topliss-reactive ketones (excluding diaryl/α,β-unsaturated/α-hetero) is 1. The molecule has 0 saturated carbocycles. The van der Waals surface area contributed by atoms with Gasteiger partial charge in [0.2, 0.25) is 5.91 Å². The molecule has 0 spiro atoms. The van der Waals surface area contributed by atoms with Crippen LogP contribution in [0.3, 0.4) is 0 Å². The molecule has 94 valence electrons. The second-order valence-electron chi connectivity index (χ2n) is 3.86. The van der Waals surface area contributed by atoms with Crippen LogP contribution in [0.4, 0.5) is 16.2 Å². The number of ketones is 1. The van der Waals surface area contributed by atoms with Crippen LogP contribution in [0.5, 0.6) is 0 Å². The first kappa shape index (κ1) is 12.1. The second kappa shape index (κ2) is 4.87. The van der Waals surface area contributed by atoms with Crippen LogP contribution in [0.25, 0.3) is 0 Å². The molecule has 6 heteroatoms. The highest BCUT2D eigenvalue weighted by Crippen LogP contribution is 2.23. The van der Waals surface area contributed by atoms with Crippen molar-refractivity contribution in [2.45, 2.75) is 6.42 Å². The molecule has 1 N–H and O–H groups in total. The van der Waals surface area contributed by atoms with Gasteiger partial charge in [-0.05, 0) is 18.2 Å². The first-order valence-electron chi connectivity index (χ1n) is 5.37. The van der Waals surface area contributed by atoms with Gasteiger partial charge in [0.25, 0.3) is 0 Å². The molecule has 1 heterocycles. The molecule has 0 radical (unpaired) electrons. The van der Waals surface area contributed by atoms with Crippen LogP contribution in [0.1, 0.15) is 6.42 Å². The predicted octanol–water partition coefficient (Wildman–Crippen LogP) is 1.17. The zero-order chi connectivity index (χ0) is 13.1. The summed E-state index contributed by atoms with van der Waals surface area (Å²) < 4.78 is 4.47. The van der Waals surface area contributed by atoms with Gasteiger partial charge in [0.15, 0.2) is 5.78 Å². The van der Waals surface area contributed by atoms with Crippen molar-refractivity contribution in [1.82, 2.24) is 0 Å². The smallest absolute Gasteiger partial charge is 0.411 e. The van der Waals surface area contributed by atoms with Gasteiger partial charge >= 0.3 is 6.09 Å². The van der Waals surface area contributed by atoms with Crippen molar-refractivity contribution >= 4 is 29.2 Å². The number of benzene rings is 1. The fourth-order valence-electron chi connectivity index (χ4n) is 1.74. The maximum Gasteiger partial charge on any atom is 0.411 e. The Morgan fingerprint density at radius 3 is 2.78 bits per heavy atom. The van der Waals surface area contributed by atoms with Crippen molar-refractivity contribution in [2.24, 2.45) is 0 Å². The van der Waals surface area contributed by atoms with E-state index in [9.17, 15) is 14.4 Å². The summed E-state index contributed by atoms with van der Waals surface area (Å²) in [4.78, 5) is 35.2. The fraction of sp³-hybridized carbons (Fsp3) is 0.250. The third kappa shape index (κ3) is 2.48. The van der Waals surface area contributed by atoms with Crippen molar-refractivity contribution in [2.75, 3.05) is 23.9 Å². The number of methoxy groups -OCH3 is 1. The van der Waals surface area contributed by atoms with Crippen molar-refractivity contribution in [1.29, 1.82) is 0 Å². The number of rotatable bonds is 2. The fourth-order valence-corrected chi connectivity index (χ4v) is 1.74. The van der Waals surface area contributed by atoms with Crippen LogP contribution < -0.4 is 10.2 Å². The van der Waals surface area contributed by atoms with Crippen molar-refractivity contribution < 1.29 is 19.1 Å². The Bertz CT molecular complexity index is 513. The topological polar surface area (TPSA) is 75.7 Å². The lowest BCUT2D eigenvalue weighted by atomic mass is 10.2. The normalized spacial score (nSPS) is 14.8. The molecule has 0 aromatic heterocycles. The van der Waals surface area contributed by atoms with E-state index < -0.39 is 6.09 Å². The zero-order valence-corrected chi connectivity index (χ0v) is 9.80. The molecule has 1 fully saturated rings. The standard InChI is InChI=1S/C12H12N2O4/c1-18-12(17)13-8-3-2-4-9(5-8)14-7-10(15)6-11(14)16/h2-5H,6-7H2,1H3,(H,13,17). The number of nitrogens with one attached hydrogen (secondary N) is 1. The van der Waals surface area contributed by atoms with Crippen LogP contribution in [0.2, 0.25) is 0 Å². The molecular weight excluding hydrogens is 236 g/mol. The Hall–Kier alpha value is -2.37. The summed E-state index contributed by atoms with van der Waals surface area (Å²) in [7, 11) is 1.27. The number of carbonyl (C=O) groups is 3. The number of ether oxygens (including phenoxy) is 1. The molecule has 2 rings (SSSR count). The molecular formula is C12H12N2O4. The van der Waals surface area contributed by atoms with Gasteiger partial charge in [0, 0.05) is 11.4 Å². The Kier molecular flexibility index (Phi) is 3.27. The summed E-state index contributed by atoms with van der Waals surface area (Å²) >= 11 is 0. The van der Waals surface area contributed by atoms with Gasteiger partial charge in [0.05, 0.1) is 20.1 Å². The average Bonchev–Trinajstić information content (AvgIpc) is 2.68. The van der Waals surface area contributed by atoms with Crippen LogP contribution in [0.15, 0.2) is 24.3 Å². The lowest BCUT2D eigenvalue weighted by Crippen LogP contribution is -2.24. The maximum absolute atomic E-state index is 11.6. The molecule has 0 aliphatic carbocycles. The first-order valence-corrected chi connectivity index (χ1v) is 5.37. The van der Waals surface area contributed by atoms with Crippen LogP contribution in [0, 0.1) is 0 Å². The van der Waals surface area contributed by atoms with Gasteiger partial charge in [-0.25, -0.2) is 4.79 Å². The van der Waals surface area contributed by atoms with E-state index in [0.717, 1.165) is 0 Å². The van der Waals surface area contributed by atoms with E-state index in [-0.39, 0.29) is 24.7 Å². The number of hydrogen-bond donors (Lipinski definition) is 1. The van der Waals surface area contributed by atoms with Crippen molar-refractivity contribution in [3.8, 4) is 0 Å². The van der Waals surface area contributed by atoms with Crippen LogP contribution >= 0.6 is 0 Å². The van der Waals surface area contributed by atoms with Gasteiger partial charge in [-0.3, -0.25) is 14.9 Å². The van der Waals surface area contributed by atoms with Crippen molar-refractivity contribution in [3.05, 3.63) is 24.3 Å². The highest BCUT2D eigenvalue weighted by molar-refractivity contribution is 6.15. The minimum atomic E-state index is -0.587. The average molecular weight is 248 g/mol. The lowest BCUT2D eigenvalue weighted by molar-refractivity contribution is -0.121. The van der Waals surface area contributed by atoms with Gasteiger partial charge in [-0.2, -0.15) is 0 Å². The van der Waals surface area contributed by atoms with E-state index in [1.165, 1.54) is 12.0 Å². The van der Waals surface area contributed by atoms with E-state index in [2.05, 4.69) is 10.1 Å². The number of amides is 2. The van der Waals surface area contributed by atoms with Gasteiger partial charge < -0.3 is 9.64 Å². The highest BCUT2D eigenvalue weighted by Gasteiger charge is 2.28. The number of carbonyl (C=O) groups excluding carboxylic acids is 3.